The van der Waals surface area contributed by atoms with Crippen LogP contribution in [0.15, 0.2) is 36.1 Å². The maximum Gasteiger partial charge on any atom is 0.0753 e. The van der Waals surface area contributed by atoms with Gasteiger partial charge in [-0.25, -0.2) is 0 Å². The third kappa shape index (κ3) is 4.37. The van der Waals surface area contributed by atoms with Crippen LogP contribution < -0.4 is 5.32 Å². The molecule has 1 N–H and O–H groups in total. The Bertz CT molecular complexity index is 564. The number of hydrogen-bond donors (Lipinski definition) is 1. The van der Waals surface area contributed by atoms with Crippen LogP contribution in [0.2, 0.25) is 0 Å². The highest BCUT2D eigenvalue weighted by atomic mass is 32.1. The van der Waals surface area contributed by atoms with Gasteiger partial charge in [-0.1, -0.05) is 13.0 Å². The lowest BCUT2D eigenvalue weighted by Gasteiger charge is -2.37. The molecule has 1 saturated heterocycles. The van der Waals surface area contributed by atoms with E-state index in [0.717, 1.165) is 18.2 Å². The molecule has 2 atom stereocenters. The Labute approximate surface area is 143 Å². The van der Waals surface area contributed by atoms with Crippen LogP contribution in [0.5, 0.6) is 0 Å². The molecule has 0 saturated carbocycles. The summed E-state index contributed by atoms with van der Waals surface area (Å²) in [5, 5.41) is 5.84. The molecule has 0 spiro atoms. The van der Waals surface area contributed by atoms with Gasteiger partial charge in [-0.3, -0.25) is 14.9 Å². The largest absolute Gasteiger partial charge is 0.307 e. The quantitative estimate of drug-likeness (QED) is 0.877. The molecule has 0 bridgehead atoms. The van der Waals surface area contributed by atoms with E-state index in [2.05, 4.69) is 51.5 Å². The molecule has 1 aliphatic rings. The van der Waals surface area contributed by atoms with Gasteiger partial charge in [0.2, 0.25) is 0 Å². The summed E-state index contributed by atoms with van der Waals surface area (Å²) < 4.78 is 0. The average Bonchev–Trinajstić information content (AvgIpc) is 3.11. The highest BCUT2D eigenvalue weighted by Crippen LogP contribution is 2.29. The molecular weight excluding hydrogens is 304 g/mol. The third-order valence-electron chi connectivity index (χ3n) is 4.77. The minimum Gasteiger partial charge on any atom is -0.307 e. The first-order valence-corrected chi connectivity index (χ1v) is 9.38. The Morgan fingerprint density at radius 3 is 2.83 bits per heavy atom. The Morgan fingerprint density at radius 2 is 2.17 bits per heavy atom. The zero-order valence-electron chi connectivity index (χ0n) is 14.0. The first-order chi connectivity index (χ1) is 11.2. The van der Waals surface area contributed by atoms with Crippen molar-refractivity contribution in [1.82, 2.24) is 20.2 Å². The Morgan fingerprint density at radius 1 is 1.35 bits per heavy atom. The summed E-state index contributed by atoms with van der Waals surface area (Å²) in [7, 11) is 0. The lowest BCUT2D eigenvalue weighted by molar-refractivity contribution is 0.135. The lowest BCUT2D eigenvalue weighted by Crippen LogP contribution is -2.40. The van der Waals surface area contributed by atoms with Crippen LogP contribution >= 0.6 is 11.3 Å². The van der Waals surface area contributed by atoms with Gasteiger partial charge in [0.1, 0.15) is 0 Å². The Hall–Kier alpha value is -1.30. The van der Waals surface area contributed by atoms with Crippen molar-refractivity contribution in [1.29, 1.82) is 0 Å². The van der Waals surface area contributed by atoms with Crippen LogP contribution in [0.3, 0.4) is 0 Å². The monoisotopic (exact) mass is 330 g/mol. The minimum atomic E-state index is 0.217. The van der Waals surface area contributed by atoms with Crippen LogP contribution in [-0.2, 0) is 0 Å². The van der Waals surface area contributed by atoms with Gasteiger partial charge in [0.25, 0.3) is 0 Å². The number of piperidine rings is 1. The van der Waals surface area contributed by atoms with Gasteiger partial charge < -0.3 is 5.32 Å². The molecule has 2 aromatic rings. The number of thiophene rings is 1. The van der Waals surface area contributed by atoms with Crippen molar-refractivity contribution in [2.45, 2.75) is 38.8 Å². The summed E-state index contributed by atoms with van der Waals surface area (Å²) in [4.78, 5) is 12.7. The van der Waals surface area contributed by atoms with Crippen molar-refractivity contribution in [3.63, 3.8) is 0 Å². The van der Waals surface area contributed by atoms with E-state index in [1.54, 1.807) is 12.4 Å². The van der Waals surface area contributed by atoms with Crippen molar-refractivity contribution in [2.24, 2.45) is 5.92 Å². The van der Waals surface area contributed by atoms with Crippen LogP contribution in [0.1, 0.15) is 49.3 Å². The molecule has 5 heteroatoms. The summed E-state index contributed by atoms with van der Waals surface area (Å²) >= 11 is 1.86. The van der Waals surface area contributed by atoms with Gasteiger partial charge in [-0.05, 0) is 50.2 Å². The molecule has 0 aliphatic carbocycles. The molecule has 23 heavy (non-hydrogen) atoms. The van der Waals surface area contributed by atoms with E-state index in [-0.39, 0.29) is 6.04 Å². The highest BCUT2D eigenvalue weighted by Gasteiger charge is 2.25. The molecule has 2 aromatic heterocycles. The molecule has 124 valence electrons. The molecular formula is C18H26N4S. The summed E-state index contributed by atoms with van der Waals surface area (Å²) in [6.07, 6.45) is 7.94. The second-order valence-corrected chi connectivity index (χ2v) is 7.49. The van der Waals surface area contributed by atoms with E-state index in [0.29, 0.717) is 6.04 Å². The predicted molar refractivity (Wildman–Crippen MR) is 95.5 cm³/mol. The van der Waals surface area contributed by atoms with E-state index in [4.69, 9.17) is 0 Å². The van der Waals surface area contributed by atoms with Gasteiger partial charge >= 0.3 is 0 Å². The van der Waals surface area contributed by atoms with Gasteiger partial charge in [-0.15, -0.1) is 11.3 Å². The molecule has 0 amide bonds. The standard InChI is InChI=1S/C18H26N4S/c1-14-5-9-22(10-6-14)17(18-4-3-11-23-18)13-21-15(2)16-12-19-7-8-20-16/h3-4,7-8,11-12,14-15,17,21H,5-6,9-10,13H2,1-2H3/t15-,17-/m1/s1. The lowest BCUT2D eigenvalue weighted by atomic mass is 9.97. The number of nitrogens with zero attached hydrogens (tertiary/aromatic N) is 3. The maximum absolute atomic E-state index is 4.41. The normalized spacial score (nSPS) is 19.6. The maximum atomic E-state index is 4.41. The summed E-state index contributed by atoms with van der Waals surface area (Å²) in [5.74, 6) is 0.863. The van der Waals surface area contributed by atoms with E-state index >= 15 is 0 Å². The Balaban J connectivity index is 1.65. The van der Waals surface area contributed by atoms with E-state index in [1.807, 2.05) is 17.5 Å². The molecule has 3 rings (SSSR count). The second-order valence-electron chi connectivity index (χ2n) is 6.51. The van der Waals surface area contributed by atoms with E-state index in [9.17, 15) is 0 Å². The fraction of sp³-hybridized carbons (Fsp3) is 0.556. The third-order valence-corrected chi connectivity index (χ3v) is 5.75. The highest BCUT2D eigenvalue weighted by molar-refractivity contribution is 7.10. The zero-order chi connectivity index (χ0) is 16.1. The first-order valence-electron chi connectivity index (χ1n) is 8.51. The summed E-state index contributed by atoms with van der Waals surface area (Å²) in [5.41, 5.74) is 1.00. The van der Waals surface area contributed by atoms with Gasteiger partial charge in [0.05, 0.1) is 11.7 Å². The zero-order valence-corrected chi connectivity index (χ0v) is 14.8. The van der Waals surface area contributed by atoms with Crippen LogP contribution in [0.25, 0.3) is 0 Å². The van der Waals surface area contributed by atoms with Crippen molar-refractivity contribution < 1.29 is 0 Å². The number of rotatable bonds is 6. The molecule has 4 nitrogen and oxygen atoms in total. The molecule has 0 aromatic carbocycles. The smallest absolute Gasteiger partial charge is 0.0753 e. The minimum absolute atomic E-state index is 0.217. The summed E-state index contributed by atoms with van der Waals surface area (Å²) in [6.45, 7) is 7.88. The van der Waals surface area contributed by atoms with Crippen molar-refractivity contribution in [3.05, 3.63) is 46.7 Å². The van der Waals surface area contributed by atoms with Crippen LogP contribution in [0, 0.1) is 5.92 Å². The molecule has 3 heterocycles. The van der Waals surface area contributed by atoms with Crippen molar-refractivity contribution in [3.8, 4) is 0 Å². The average molecular weight is 331 g/mol. The SMILES string of the molecule is CC1CCN([C@H](CN[C@H](C)c2cnccn2)c2cccs2)CC1. The molecule has 0 unspecified atom stereocenters. The van der Waals surface area contributed by atoms with E-state index in [1.165, 1.54) is 30.8 Å². The van der Waals surface area contributed by atoms with Gasteiger partial charge in [0.15, 0.2) is 0 Å². The fourth-order valence-corrected chi connectivity index (χ4v) is 4.02. The number of hydrogen-bond acceptors (Lipinski definition) is 5. The first kappa shape index (κ1) is 16.6. The number of aromatic nitrogens is 2. The fourth-order valence-electron chi connectivity index (χ4n) is 3.16. The number of likely N-dealkylation sites (tertiary alicyclic amines) is 1. The second kappa shape index (κ2) is 7.99. The topological polar surface area (TPSA) is 41.0 Å². The summed E-state index contributed by atoms with van der Waals surface area (Å²) in [6, 6.07) is 5.10. The number of nitrogens with one attached hydrogen (secondary N) is 1. The van der Waals surface area contributed by atoms with Crippen LogP contribution in [0.4, 0.5) is 0 Å². The molecule has 1 aliphatic heterocycles. The van der Waals surface area contributed by atoms with E-state index < -0.39 is 0 Å². The molecule has 0 radical (unpaired) electrons. The van der Waals surface area contributed by atoms with Crippen LogP contribution in [-0.4, -0.2) is 34.5 Å². The van der Waals surface area contributed by atoms with Gasteiger partial charge in [0, 0.05) is 36.1 Å². The molecule has 1 fully saturated rings. The van der Waals surface area contributed by atoms with Crippen molar-refractivity contribution in [2.75, 3.05) is 19.6 Å². The Kier molecular flexibility index (Phi) is 5.75. The van der Waals surface area contributed by atoms with Gasteiger partial charge in [-0.2, -0.15) is 0 Å². The predicted octanol–water partition coefficient (Wildman–Crippen LogP) is 3.66. The van der Waals surface area contributed by atoms with Crippen molar-refractivity contribution >= 4 is 11.3 Å².